The Labute approximate surface area is 213 Å². The van der Waals surface area contributed by atoms with Crippen molar-refractivity contribution in [3.63, 3.8) is 0 Å². The number of carbonyl (C=O) groups is 2. The van der Waals surface area contributed by atoms with Crippen LogP contribution in [0.3, 0.4) is 0 Å². The normalized spacial score (nSPS) is 14.9. The number of carbonyl (C=O) groups excluding carboxylic acids is 2. The van der Waals surface area contributed by atoms with Crippen molar-refractivity contribution in [2.45, 2.75) is 49.9 Å². The third-order valence-corrected chi connectivity index (χ3v) is 7.87. The first kappa shape index (κ1) is 28.1. The minimum atomic E-state index is -4.59. The van der Waals surface area contributed by atoms with Crippen LogP contribution in [0.5, 0.6) is 5.75 Å². The highest BCUT2D eigenvalue weighted by molar-refractivity contribution is 9.10. The fourth-order valence-corrected chi connectivity index (χ4v) is 5.55. The number of aryl methyl sites for hydroxylation is 1. The van der Waals surface area contributed by atoms with Crippen molar-refractivity contribution < 1.29 is 45.4 Å². The van der Waals surface area contributed by atoms with Gasteiger partial charge in [0.2, 0.25) is 0 Å². The molecule has 2 heterocycles. The minimum Gasteiger partial charge on any atom is -0.496 e. The maximum atomic E-state index is 13.4. The number of alkyl halides is 6. The van der Waals surface area contributed by atoms with Crippen LogP contribution in [0.25, 0.3) is 11.3 Å². The van der Waals surface area contributed by atoms with Crippen LogP contribution in [0, 0.1) is 0 Å². The number of hydrogen-bond acceptors (Lipinski definition) is 4. The van der Waals surface area contributed by atoms with Gasteiger partial charge in [0.1, 0.15) is 16.6 Å². The molecule has 1 aliphatic heterocycles. The van der Waals surface area contributed by atoms with Crippen LogP contribution in [-0.4, -0.2) is 57.7 Å². The number of methoxy groups -OCH3 is 2. The lowest BCUT2D eigenvalue weighted by molar-refractivity contribution is -0.144. The summed E-state index contributed by atoms with van der Waals surface area (Å²) in [6.07, 6.45) is -10.2. The van der Waals surface area contributed by atoms with Crippen LogP contribution in [0.2, 0.25) is 6.04 Å². The van der Waals surface area contributed by atoms with Crippen LogP contribution in [0.4, 0.5) is 26.3 Å². The molecule has 1 aliphatic rings. The molecule has 0 bridgehead atoms. The van der Waals surface area contributed by atoms with Gasteiger partial charge < -0.3 is 19.4 Å². The van der Waals surface area contributed by atoms with Gasteiger partial charge >= 0.3 is 18.3 Å². The molecule has 196 valence electrons. The van der Waals surface area contributed by atoms with Crippen LogP contribution in [-0.2, 0) is 28.9 Å². The first-order valence-corrected chi connectivity index (χ1v) is 12.5. The van der Waals surface area contributed by atoms with Gasteiger partial charge in [0, 0.05) is 18.2 Å². The SMILES string of the molecule is COC(=O)[C@@](C)(NC(=O)c1cc(CC(F)(F)F)c2n1CCc1cc(OC)c(Br)cc1-2)[Si]CC(F)(F)F. The molecule has 2 radical (unpaired) electrons. The third-order valence-electron chi connectivity index (χ3n) is 5.64. The number of halogens is 7. The number of benzene rings is 1. The number of aromatic nitrogens is 1. The predicted molar refractivity (Wildman–Crippen MR) is 122 cm³/mol. The molecule has 0 fully saturated rings. The van der Waals surface area contributed by atoms with Crippen LogP contribution >= 0.6 is 15.9 Å². The molecule has 1 aromatic heterocycles. The first-order valence-electron chi connectivity index (χ1n) is 10.5. The standard InChI is InChI=1S/C22H21BrF6N2O4Si/c1-20(19(33)35-3,36-10-22(27,28)29)30-18(32)15-6-12(9-21(24,25)26)17-13-8-14(23)16(34-2)7-11(13)4-5-31(15)17/h6-8H,4-5,9-10H2,1-3H3,(H,30,32)/t20-/m0/s1. The van der Waals surface area contributed by atoms with Crippen molar-refractivity contribution in [3.8, 4) is 17.0 Å². The van der Waals surface area contributed by atoms with Gasteiger partial charge in [-0.1, -0.05) is 0 Å². The molecule has 1 aromatic carbocycles. The lowest BCUT2D eigenvalue weighted by Gasteiger charge is -2.29. The maximum Gasteiger partial charge on any atom is 0.393 e. The minimum absolute atomic E-state index is 0.132. The van der Waals surface area contributed by atoms with E-state index in [0.29, 0.717) is 27.8 Å². The van der Waals surface area contributed by atoms with E-state index in [1.54, 1.807) is 12.1 Å². The summed E-state index contributed by atoms with van der Waals surface area (Å²) < 4.78 is 90.6. The fraction of sp³-hybridized carbons (Fsp3) is 0.455. The third kappa shape index (κ3) is 6.07. The van der Waals surface area contributed by atoms with E-state index in [1.165, 1.54) is 11.7 Å². The highest BCUT2D eigenvalue weighted by Gasteiger charge is 2.42. The van der Waals surface area contributed by atoms with Crippen LogP contribution < -0.4 is 10.1 Å². The van der Waals surface area contributed by atoms with E-state index >= 15 is 0 Å². The molecule has 1 N–H and O–H groups in total. The molecule has 0 spiro atoms. The number of rotatable bonds is 7. The second-order valence-electron chi connectivity index (χ2n) is 8.28. The fourth-order valence-electron chi connectivity index (χ4n) is 4.05. The quantitative estimate of drug-likeness (QED) is 0.280. The zero-order valence-electron chi connectivity index (χ0n) is 19.3. The Balaban J connectivity index is 2.08. The summed E-state index contributed by atoms with van der Waals surface area (Å²) in [5.41, 5.74) is 0.959. The highest BCUT2D eigenvalue weighted by Crippen LogP contribution is 2.41. The predicted octanol–water partition coefficient (Wildman–Crippen LogP) is 4.89. The van der Waals surface area contributed by atoms with Gasteiger partial charge in [-0.3, -0.25) is 4.79 Å². The van der Waals surface area contributed by atoms with E-state index in [2.05, 4.69) is 26.0 Å². The van der Waals surface area contributed by atoms with Crippen molar-refractivity contribution in [1.29, 1.82) is 0 Å². The van der Waals surface area contributed by atoms with E-state index in [1.807, 2.05) is 0 Å². The lowest BCUT2D eigenvalue weighted by atomic mass is 9.95. The Kier molecular flexibility index (Phi) is 7.89. The summed E-state index contributed by atoms with van der Waals surface area (Å²) >= 11 is 3.33. The molecule has 0 saturated carbocycles. The van der Waals surface area contributed by atoms with Crippen molar-refractivity contribution in [2.24, 2.45) is 0 Å². The topological polar surface area (TPSA) is 69.6 Å². The molecule has 1 atom stereocenters. The smallest absolute Gasteiger partial charge is 0.393 e. The Bertz CT molecular complexity index is 1180. The second kappa shape index (κ2) is 10.1. The zero-order valence-corrected chi connectivity index (χ0v) is 21.9. The summed E-state index contributed by atoms with van der Waals surface area (Å²) in [5.74, 6) is -1.59. The summed E-state index contributed by atoms with van der Waals surface area (Å²) in [6.45, 7) is 1.23. The second-order valence-corrected chi connectivity index (χ2v) is 10.8. The molecule has 0 saturated heterocycles. The summed E-state index contributed by atoms with van der Waals surface area (Å²) in [4.78, 5) is 25.5. The molecule has 3 rings (SSSR count). The average Bonchev–Trinajstić information content (AvgIpc) is 3.13. The summed E-state index contributed by atoms with van der Waals surface area (Å²) in [5, 5.41) is 0.252. The van der Waals surface area contributed by atoms with Crippen molar-refractivity contribution >= 4 is 37.3 Å². The van der Waals surface area contributed by atoms with Gasteiger partial charge in [0.25, 0.3) is 5.91 Å². The number of nitrogens with zero attached hydrogens (tertiary/aromatic N) is 1. The van der Waals surface area contributed by atoms with Crippen molar-refractivity contribution in [2.75, 3.05) is 14.2 Å². The molecular weight excluding hydrogens is 578 g/mol. The highest BCUT2D eigenvalue weighted by atomic mass is 79.9. The van der Waals surface area contributed by atoms with E-state index in [-0.39, 0.29) is 23.5 Å². The number of nitrogens with one attached hydrogen (secondary N) is 1. The van der Waals surface area contributed by atoms with Crippen molar-refractivity contribution in [1.82, 2.24) is 9.88 Å². The molecule has 1 amide bonds. The van der Waals surface area contributed by atoms with Crippen LogP contribution in [0.15, 0.2) is 22.7 Å². The van der Waals surface area contributed by atoms with Gasteiger partial charge in [-0.05, 0) is 58.6 Å². The Morgan fingerprint density at radius 3 is 2.33 bits per heavy atom. The summed E-state index contributed by atoms with van der Waals surface area (Å²) in [6, 6.07) is 3.01. The molecular formula is C22H21BrF6N2O4Si. The zero-order chi connectivity index (χ0) is 27.1. The van der Waals surface area contributed by atoms with E-state index in [0.717, 1.165) is 20.1 Å². The maximum absolute atomic E-state index is 13.4. The van der Waals surface area contributed by atoms with E-state index in [9.17, 15) is 35.9 Å². The van der Waals surface area contributed by atoms with Crippen molar-refractivity contribution in [3.05, 3.63) is 39.5 Å². The lowest BCUT2D eigenvalue weighted by Crippen LogP contribution is -2.58. The summed E-state index contributed by atoms with van der Waals surface area (Å²) in [7, 11) is 1.30. The number of ether oxygens (including phenoxy) is 2. The molecule has 0 unspecified atom stereocenters. The Morgan fingerprint density at radius 1 is 1.11 bits per heavy atom. The first-order chi connectivity index (χ1) is 16.6. The molecule has 0 aliphatic carbocycles. The van der Waals surface area contributed by atoms with Crippen LogP contribution in [0.1, 0.15) is 28.5 Å². The number of esters is 1. The Hall–Kier alpha value is -2.48. The largest absolute Gasteiger partial charge is 0.496 e. The molecule has 14 heteroatoms. The van der Waals surface area contributed by atoms with Gasteiger partial charge in [0.15, 0.2) is 0 Å². The monoisotopic (exact) mass is 598 g/mol. The van der Waals surface area contributed by atoms with E-state index < -0.39 is 51.4 Å². The molecule has 36 heavy (non-hydrogen) atoms. The van der Waals surface area contributed by atoms with Gasteiger partial charge in [0.05, 0.1) is 40.3 Å². The number of amides is 1. The number of hydrogen-bond donors (Lipinski definition) is 1. The van der Waals surface area contributed by atoms with E-state index in [4.69, 9.17) is 4.74 Å². The molecule has 6 nitrogen and oxygen atoms in total. The number of fused-ring (bicyclic) bond motifs is 3. The molecule has 2 aromatic rings. The van der Waals surface area contributed by atoms with Gasteiger partial charge in [-0.2, -0.15) is 26.3 Å². The Morgan fingerprint density at radius 2 is 1.78 bits per heavy atom. The van der Waals surface area contributed by atoms with Gasteiger partial charge in [-0.15, -0.1) is 0 Å². The van der Waals surface area contributed by atoms with Gasteiger partial charge in [-0.25, -0.2) is 4.79 Å². The average molecular weight is 599 g/mol.